The van der Waals surface area contributed by atoms with Gasteiger partial charge in [0.2, 0.25) is 5.91 Å². The van der Waals surface area contributed by atoms with Crippen molar-refractivity contribution in [3.8, 4) is 0 Å². The summed E-state index contributed by atoms with van der Waals surface area (Å²) in [6.07, 6.45) is 3.64. The molecule has 1 aromatic rings. The van der Waals surface area contributed by atoms with Crippen molar-refractivity contribution in [2.75, 3.05) is 6.61 Å². The zero-order chi connectivity index (χ0) is 16.1. The molecule has 1 aromatic carbocycles. The van der Waals surface area contributed by atoms with Crippen molar-refractivity contribution in [3.63, 3.8) is 0 Å². The van der Waals surface area contributed by atoms with Crippen LogP contribution in [0.4, 0.5) is 4.39 Å². The SMILES string of the molecule is CC(=O)NC1CCC(NC(CO)c2ccc(Cl)c(F)c2)CC1. The molecule has 2 rings (SSSR count). The van der Waals surface area contributed by atoms with Gasteiger partial charge in [0.1, 0.15) is 5.82 Å². The maximum atomic E-state index is 13.5. The second-order valence-electron chi connectivity index (χ2n) is 5.82. The summed E-state index contributed by atoms with van der Waals surface area (Å²) < 4.78 is 13.5. The van der Waals surface area contributed by atoms with Crippen LogP contribution in [0.25, 0.3) is 0 Å². The van der Waals surface area contributed by atoms with Crippen LogP contribution in [0.3, 0.4) is 0 Å². The summed E-state index contributed by atoms with van der Waals surface area (Å²) in [4.78, 5) is 11.1. The Balaban J connectivity index is 1.91. The van der Waals surface area contributed by atoms with Crippen molar-refractivity contribution in [1.29, 1.82) is 0 Å². The molecule has 0 spiro atoms. The highest BCUT2D eigenvalue weighted by Gasteiger charge is 2.24. The smallest absolute Gasteiger partial charge is 0.217 e. The van der Waals surface area contributed by atoms with Gasteiger partial charge in [0.15, 0.2) is 0 Å². The van der Waals surface area contributed by atoms with Gasteiger partial charge in [-0.1, -0.05) is 17.7 Å². The van der Waals surface area contributed by atoms with Crippen LogP contribution in [0.5, 0.6) is 0 Å². The van der Waals surface area contributed by atoms with Gasteiger partial charge in [-0.15, -0.1) is 0 Å². The van der Waals surface area contributed by atoms with E-state index in [1.165, 1.54) is 19.1 Å². The maximum Gasteiger partial charge on any atom is 0.217 e. The molecule has 0 aliphatic heterocycles. The molecule has 1 saturated carbocycles. The third-order valence-corrected chi connectivity index (χ3v) is 4.41. The molecule has 0 aromatic heterocycles. The molecule has 122 valence electrons. The predicted molar refractivity (Wildman–Crippen MR) is 84.2 cm³/mol. The van der Waals surface area contributed by atoms with Gasteiger partial charge in [0.25, 0.3) is 0 Å². The monoisotopic (exact) mass is 328 g/mol. The quantitative estimate of drug-likeness (QED) is 0.778. The van der Waals surface area contributed by atoms with E-state index < -0.39 is 5.82 Å². The highest BCUT2D eigenvalue weighted by molar-refractivity contribution is 6.30. The molecule has 0 radical (unpaired) electrons. The third kappa shape index (κ3) is 4.66. The second kappa shape index (κ2) is 7.90. The van der Waals surface area contributed by atoms with Gasteiger partial charge < -0.3 is 15.7 Å². The van der Waals surface area contributed by atoms with Crippen molar-refractivity contribution in [1.82, 2.24) is 10.6 Å². The molecule has 0 heterocycles. The molecule has 1 fully saturated rings. The van der Waals surface area contributed by atoms with Gasteiger partial charge in [-0.25, -0.2) is 4.39 Å². The molecule has 1 unspecified atom stereocenters. The number of rotatable bonds is 5. The van der Waals surface area contributed by atoms with E-state index in [1.807, 2.05) is 0 Å². The molecule has 1 aliphatic rings. The predicted octanol–water partition coefficient (Wildman–Crippen LogP) is 2.55. The number of hydrogen-bond acceptors (Lipinski definition) is 3. The highest BCUT2D eigenvalue weighted by atomic mass is 35.5. The molecule has 0 saturated heterocycles. The van der Waals surface area contributed by atoms with Crippen LogP contribution in [0.1, 0.15) is 44.2 Å². The third-order valence-electron chi connectivity index (χ3n) is 4.10. The van der Waals surface area contributed by atoms with Crippen molar-refractivity contribution >= 4 is 17.5 Å². The Labute approximate surface area is 135 Å². The Morgan fingerprint density at radius 2 is 2.00 bits per heavy atom. The fraction of sp³-hybridized carbons (Fsp3) is 0.562. The molecule has 6 heteroatoms. The summed E-state index contributed by atoms with van der Waals surface area (Å²) in [7, 11) is 0. The van der Waals surface area contributed by atoms with Crippen LogP contribution in [0.15, 0.2) is 18.2 Å². The number of aliphatic hydroxyl groups excluding tert-OH is 1. The summed E-state index contributed by atoms with van der Waals surface area (Å²) >= 11 is 5.69. The van der Waals surface area contributed by atoms with Crippen molar-refractivity contribution < 1.29 is 14.3 Å². The number of carbonyl (C=O) groups excluding carboxylic acids is 1. The van der Waals surface area contributed by atoms with Crippen molar-refractivity contribution in [3.05, 3.63) is 34.6 Å². The largest absolute Gasteiger partial charge is 0.394 e. The standard InChI is InChI=1S/C16H22ClFN2O2/c1-10(22)19-12-3-5-13(6-4-12)20-16(9-21)11-2-7-14(17)15(18)8-11/h2,7-8,12-13,16,20-21H,3-6,9H2,1H3,(H,19,22). The van der Waals surface area contributed by atoms with E-state index >= 15 is 0 Å². The number of nitrogens with one attached hydrogen (secondary N) is 2. The van der Waals surface area contributed by atoms with E-state index in [1.54, 1.807) is 6.07 Å². The first-order chi connectivity index (χ1) is 10.5. The Morgan fingerprint density at radius 3 is 2.55 bits per heavy atom. The van der Waals surface area contributed by atoms with Gasteiger partial charge in [-0.3, -0.25) is 4.79 Å². The van der Waals surface area contributed by atoms with E-state index in [4.69, 9.17) is 11.6 Å². The molecular formula is C16H22ClFN2O2. The first-order valence-electron chi connectivity index (χ1n) is 7.58. The maximum absolute atomic E-state index is 13.5. The number of hydrogen-bond donors (Lipinski definition) is 3. The lowest BCUT2D eigenvalue weighted by Gasteiger charge is -2.32. The average molecular weight is 329 g/mol. The number of carbonyl (C=O) groups is 1. The van der Waals surface area contributed by atoms with Crippen LogP contribution in [0, 0.1) is 5.82 Å². The summed E-state index contributed by atoms with van der Waals surface area (Å²) in [6, 6.07) is 4.76. The number of amides is 1. The van der Waals surface area contributed by atoms with Gasteiger partial charge >= 0.3 is 0 Å². The molecule has 1 aliphatic carbocycles. The molecular weight excluding hydrogens is 307 g/mol. The van der Waals surface area contributed by atoms with Gasteiger partial charge in [-0.2, -0.15) is 0 Å². The molecule has 1 atom stereocenters. The minimum absolute atomic E-state index is 0.00119. The van der Waals surface area contributed by atoms with E-state index in [0.29, 0.717) is 5.56 Å². The Morgan fingerprint density at radius 1 is 1.36 bits per heavy atom. The lowest BCUT2D eigenvalue weighted by atomic mass is 9.90. The summed E-state index contributed by atoms with van der Waals surface area (Å²) in [5, 5.41) is 16.0. The number of benzene rings is 1. The van der Waals surface area contributed by atoms with Crippen LogP contribution in [-0.4, -0.2) is 29.7 Å². The average Bonchev–Trinajstić information content (AvgIpc) is 2.49. The van der Waals surface area contributed by atoms with Gasteiger partial charge in [-0.05, 0) is 43.4 Å². The van der Waals surface area contributed by atoms with Gasteiger partial charge in [0, 0.05) is 19.0 Å². The first kappa shape index (κ1) is 17.2. The second-order valence-corrected chi connectivity index (χ2v) is 6.23. The Hall–Kier alpha value is -1.17. The summed E-state index contributed by atoms with van der Waals surface area (Å²) in [5.74, 6) is -0.477. The van der Waals surface area contributed by atoms with Crippen LogP contribution in [-0.2, 0) is 4.79 Å². The van der Waals surface area contributed by atoms with Crippen molar-refractivity contribution in [2.24, 2.45) is 0 Å². The van der Waals surface area contributed by atoms with E-state index in [0.717, 1.165) is 25.7 Å². The summed E-state index contributed by atoms with van der Waals surface area (Å²) in [5.41, 5.74) is 0.688. The zero-order valence-electron chi connectivity index (χ0n) is 12.6. The van der Waals surface area contributed by atoms with E-state index in [9.17, 15) is 14.3 Å². The molecule has 3 N–H and O–H groups in total. The van der Waals surface area contributed by atoms with Crippen LogP contribution in [0.2, 0.25) is 5.02 Å². The molecule has 0 bridgehead atoms. The topological polar surface area (TPSA) is 61.4 Å². The van der Waals surface area contributed by atoms with E-state index in [2.05, 4.69) is 10.6 Å². The highest BCUT2D eigenvalue weighted by Crippen LogP contribution is 2.24. The molecule has 4 nitrogen and oxygen atoms in total. The molecule has 22 heavy (non-hydrogen) atoms. The minimum Gasteiger partial charge on any atom is -0.394 e. The molecule has 1 amide bonds. The van der Waals surface area contributed by atoms with Gasteiger partial charge in [0.05, 0.1) is 17.7 Å². The van der Waals surface area contributed by atoms with Crippen LogP contribution >= 0.6 is 11.6 Å². The Kier molecular flexibility index (Phi) is 6.17. The lowest BCUT2D eigenvalue weighted by molar-refractivity contribution is -0.119. The zero-order valence-corrected chi connectivity index (χ0v) is 13.4. The summed E-state index contributed by atoms with van der Waals surface area (Å²) in [6.45, 7) is 1.42. The Bertz CT molecular complexity index is 519. The minimum atomic E-state index is -0.478. The fourth-order valence-corrected chi connectivity index (χ4v) is 3.08. The first-order valence-corrected chi connectivity index (χ1v) is 7.96. The number of aliphatic hydroxyl groups is 1. The fourth-order valence-electron chi connectivity index (χ4n) is 2.96. The number of halogens is 2. The normalized spacial score (nSPS) is 23.1. The van der Waals surface area contributed by atoms with E-state index in [-0.39, 0.29) is 35.7 Å². The van der Waals surface area contributed by atoms with Crippen LogP contribution < -0.4 is 10.6 Å². The van der Waals surface area contributed by atoms with Crippen molar-refractivity contribution in [2.45, 2.75) is 50.7 Å². The lowest BCUT2D eigenvalue weighted by Crippen LogP contribution is -2.43.